The maximum atomic E-state index is 12.5. The number of nitrogens with one attached hydrogen (secondary N) is 2. The maximum absolute atomic E-state index is 12.5. The number of hydrogen-bond donors (Lipinski definition) is 2. The first-order chi connectivity index (χ1) is 6.59. The van der Waals surface area contributed by atoms with Crippen LogP contribution in [0.3, 0.4) is 0 Å². The van der Waals surface area contributed by atoms with Crippen LogP contribution in [0, 0.1) is 6.92 Å². The normalized spacial score (nSPS) is 11.4. The summed E-state index contributed by atoms with van der Waals surface area (Å²) < 4.78 is 25.1. The molecule has 2 aromatic rings. The second-order valence-corrected chi connectivity index (χ2v) is 2.96. The lowest BCUT2D eigenvalue weighted by atomic mass is 10.1. The first-order valence-electron chi connectivity index (χ1n) is 3.95. The first kappa shape index (κ1) is 8.86. The number of H-pyrrole nitrogens is 2. The fourth-order valence-electron chi connectivity index (χ4n) is 1.41. The summed E-state index contributed by atoms with van der Waals surface area (Å²) in [5, 5.41) is 6.55. The molecule has 0 atom stereocenters. The predicted octanol–water partition coefficient (Wildman–Crippen LogP) is 1.50. The highest BCUT2D eigenvalue weighted by atomic mass is 19.3. The number of aryl methyl sites for hydroxylation is 1. The number of alkyl halides is 2. The molecule has 2 N–H and O–H groups in total. The smallest absolute Gasteiger partial charge is 0.264 e. The molecule has 2 rings (SSSR count). The number of aromatic nitrogens is 3. The quantitative estimate of drug-likeness (QED) is 0.731. The lowest BCUT2D eigenvalue weighted by Gasteiger charge is -2.00. The molecular formula is C8H7F2N3O. The van der Waals surface area contributed by atoms with Gasteiger partial charge in [-0.25, -0.2) is 8.78 Å². The number of aromatic amines is 2. The van der Waals surface area contributed by atoms with E-state index in [1.807, 2.05) is 0 Å². The van der Waals surface area contributed by atoms with Gasteiger partial charge in [-0.05, 0) is 6.92 Å². The molecule has 0 aliphatic heterocycles. The average Bonchev–Trinajstić information content (AvgIpc) is 2.46. The molecule has 74 valence electrons. The summed E-state index contributed by atoms with van der Waals surface area (Å²) in [5.41, 5.74) is -0.161. The zero-order chi connectivity index (χ0) is 10.3. The van der Waals surface area contributed by atoms with Gasteiger partial charge in [0, 0.05) is 22.7 Å². The minimum atomic E-state index is -2.67. The third-order valence-electron chi connectivity index (χ3n) is 2.00. The SMILES string of the molecule is Cc1[nH]nc2[nH]c(=O)cc(C(F)F)c12. The van der Waals surface area contributed by atoms with Crippen LogP contribution >= 0.6 is 0 Å². The Hall–Kier alpha value is -1.72. The Labute approximate surface area is 77.0 Å². The van der Waals surface area contributed by atoms with E-state index in [-0.39, 0.29) is 11.2 Å². The van der Waals surface area contributed by atoms with Crippen molar-refractivity contribution < 1.29 is 8.78 Å². The van der Waals surface area contributed by atoms with Crippen molar-refractivity contribution in [1.82, 2.24) is 15.2 Å². The summed E-state index contributed by atoms with van der Waals surface area (Å²) >= 11 is 0. The minimum Gasteiger partial charge on any atom is -0.305 e. The van der Waals surface area contributed by atoms with E-state index in [2.05, 4.69) is 15.2 Å². The molecule has 0 aliphatic rings. The van der Waals surface area contributed by atoms with E-state index in [0.717, 1.165) is 6.07 Å². The van der Waals surface area contributed by atoms with Crippen LogP contribution in [0.4, 0.5) is 8.78 Å². The summed E-state index contributed by atoms with van der Waals surface area (Å²) in [6, 6.07) is 0.898. The molecule has 6 heteroatoms. The lowest BCUT2D eigenvalue weighted by molar-refractivity contribution is 0.153. The van der Waals surface area contributed by atoms with Crippen LogP contribution in [0.15, 0.2) is 10.9 Å². The van der Waals surface area contributed by atoms with Crippen molar-refractivity contribution in [3.8, 4) is 0 Å². The van der Waals surface area contributed by atoms with Gasteiger partial charge in [-0.2, -0.15) is 5.10 Å². The molecule has 0 bridgehead atoms. The van der Waals surface area contributed by atoms with Crippen LogP contribution in [0.2, 0.25) is 0 Å². The van der Waals surface area contributed by atoms with Gasteiger partial charge in [0.2, 0.25) is 5.56 Å². The Balaban J connectivity index is 2.90. The van der Waals surface area contributed by atoms with Crippen LogP contribution in [0.5, 0.6) is 0 Å². The van der Waals surface area contributed by atoms with E-state index >= 15 is 0 Å². The van der Waals surface area contributed by atoms with E-state index < -0.39 is 12.0 Å². The third kappa shape index (κ3) is 1.19. The van der Waals surface area contributed by atoms with E-state index in [4.69, 9.17) is 0 Å². The van der Waals surface area contributed by atoms with Crippen LogP contribution in [0.25, 0.3) is 11.0 Å². The standard InChI is InChI=1S/C8H7F2N3O/c1-3-6-4(7(9)10)2-5(14)11-8(6)13-12-3/h2,7H,1H3,(H2,11,12,13,14). The largest absolute Gasteiger partial charge is 0.305 e. The summed E-state index contributed by atoms with van der Waals surface area (Å²) in [4.78, 5) is 13.3. The highest BCUT2D eigenvalue weighted by Gasteiger charge is 2.16. The van der Waals surface area contributed by atoms with E-state index in [1.165, 1.54) is 0 Å². The molecule has 0 aromatic carbocycles. The van der Waals surface area contributed by atoms with Gasteiger partial charge < -0.3 is 4.98 Å². The Morgan fingerprint density at radius 2 is 2.21 bits per heavy atom. The first-order valence-corrected chi connectivity index (χ1v) is 3.95. The fourth-order valence-corrected chi connectivity index (χ4v) is 1.41. The van der Waals surface area contributed by atoms with Gasteiger partial charge in [-0.1, -0.05) is 0 Å². The monoisotopic (exact) mass is 199 g/mol. The van der Waals surface area contributed by atoms with E-state index in [9.17, 15) is 13.6 Å². The van der Waals surface area contributed by atoms with Crippen molar-refractivity contribution in [2.45, 2.75) is 13.3 Å². The summed E-state index contributed by atoms with van der Waals surface area (Å²) in [6.45, 7) is 1.62. The summed E-state index contributed by atoms with van der Waals surface area (Å²) in [6.07, 6.45) is -2.67. The van der Waals surface area contributed by atoms with Crippen LogP contribution < -0.4 is 5.56 Å². The van der Waals surface area contributed by atoms with E-state index in [1.54, 1.807) is 6.92 Å². The second-order valence-electron chi connectivity index (χ2n) is 2.96. The van der Waals surface area contributed by atoms with Crippen molar-refractivity contribution >= 4 is 11.0 Å². The Bertz CT molecular complexity index is 529. The Morgan fingerprint density at radius 3 is 2.86 bits per heavy atom. The molecule has 2 heterocycles. The Kier molecular flexibility index (Phi) is 1.83. The molecule has 0 aliphatic carbocycles. The topological polar surface area (TPSA) is 61.5 Å². The van der Waals surface area contributed by atoms with Gasteiger partial charge in [0.1, 0.15) is 0 Å². The van der Waals surface area contributed by atoms with Gasteiger partial charge >= 0.3 is 0 Å². The van der Waals surface area contributed by atoms with Crippen LogP contribution in [0.1, 0.15) is 17.7 Å². The molecule has 14 heavy (non-hydrogen) atoms. The highest BCUT2D eigenvalue weighted by Crippen LogP contribution is 2.25. The molecule has 0 saturated carbocycles. The summed E-state index contributed by atoms with van der Waals surface area (Å²) in [5.74, 6) is 0. The van der Waals surface area contributed by atoms with Gasteiger partial charge in [0.25, 0.3) is 6.43 Å². The van der Waals surface area contributed by atoms with Crippen molar-refractivity contribution in [2.75, 3.05) is 0 Å². The second kappa shape index (κ2) is 2.90. The predicted molar refractivity (Wildman–Crippen MR) is 46.4 cm³/mol. The molecule has 0 fully saturated rings. The minimum absolute atomic E-state index is 0.172. The fraction of sp³-hybridized carbons (Fsp3) is 0.250. The highest BCUT2D eigenvalue weighted by molar-refractivity contribution is 5.81. The van der Waals surface area contributed by atoms with Gasteiger partial charge in [0.15, 0.2) is 5.65 Å². The molecule has 0 unspecified atom stereocenters. The molecule has 2 aromatic heterocycles. The van der Waals surface area contributed by atoms with Crippen molar-refractivity contribution in [3.05, 3.63) is 27.7 Å². The van der Waals surface area contributed by atoms with Gasteiger partial charge in [-0.15, -0.1) is 0 Å². The zero-order valence-electron chi connectivity index (χ0n) is 7.27. The molecule has 0 amide bonds. The number of halogens is 2. The third-order valence-corrected chi connectivity index (χ3v) is 2.00. The number of hydrogen-bond acceptors (Lipinski definition) is 2. The van der Waals surface area contributed by atoms with Crippen LogP contribution in [-0.2, 0) is 0 Å². The molecule has 0 radical (unpaired) electrons. The molecule has 4 nitrogen and oxygen atoms in total. The number of nitrogens with zero attached hydrogens (tertiary/aromatic N) is 1. The molecule has 0 spiro atoms. The van der Waals surface area contributed by atoms with Crippen molar-refractivity contribution in [2.24, 2.45) is 0 Å². The Morgan fingerprint density at radius 1 is 1.50 bits per heavy atom. The van der Waals surface area contributed by atoms with E-state index in [0.29, 0.717) is 11.1 Å². The number of fused-ring (bicyclic) bond motifs is 1. The van der Waals surface area contributed by atoms with Crippen molar-refractivity contribution in [1.29, 1.82) is 0 Å². The lowest BCUT2D eigenvalue weighted by Crippen LogP contribution is -2.06. The van der Waals surface area contributed by atoms with Gasteiger partial charge in [-0.3, -0.25) is 9.89 Å². The van der Waals surface area contributed by atoms with Crippen LogP contribution in [-0.4, -0.2) is 15.2 Å². The number of pyridine rings is 1. The maximum Gasteiger partial charge on any atom is 0.264 e. The summed E-state index contributed by atoms with van der Waals surface area (Å²) in [7, 11) is 0. The van der Waals surface area contributed by atoms with Gasteiger partial charge in [0.05, 0.1) is 0 Å². The molecular weight excluding hydrogens is 192 g/mol. The molecule has 0 saturated heterocycles. The van der Waals surface area contributed by atoms with Crippen molar-refractivity contribution in [3.63, 3.8) is 0 Å². The zero-order valence-corrected chi connectivity index (χ0v) is 7.27. The average molecular weight is 199 g/mol. The number of rotatable bonds is 1.